The van der Waals surface area contributed by atoms with Gasteiger partial charge in [-0.1, -0.05) is 24.6 Å². The van der Waals surface area contributed by atoms with Gasteiger partial charge in [-0.3, -0.25) is 4.79 Å². The van der Waals surface area contributed by atoms with Crippen molar-refractivity contribution in [2.24, 2.45) is 5.92 Å². The number of rotatable bonds is 6. The maximum atomic E-state index is 14.1. The van der Waals surface area contributed by atoms with Crippen LogP contribution in [0.2, 0.25) is 0 Å². The highest BCUT2D eigenvalue weighted by Crippen LogP contribution is 2.38. The lowest BCUT2D eigenvalue weighted by Gasteiger charge is -2.29. The minimum atomic E-state index is -5.10. The average Bonchev–Trinajstić information content (AvgIpc) is 3.59. The normalized spacial score (nSPS) is 17.8. The van der Waals surface area contributed by atoms with E-state index in [2.05, 4.69) is 10.1 Å². The van der Waals surface area contributed by atoms with E-state index in [0.717, 1.165) is 12.3 Å². The van der Waals surface area contributed by atoms with Crippen molar-refractivity contribution >= 4 is 21.8 Å². The number of carbonyl (C=O) groups is 2. The van der Waals surface area contributed by atoms with Crippen LogP contribution in [-0.4, -0.2) is 50.9 Å². The number of ether oxygens (including phenoxy) is 1. The van der Waals surface area contributed by atoms with Crippen LogP contribution < -0.4 is 0 Å². The summed E-state index contributed by atoms with van der Waals surface area (Å²) in [5.41, 5.74) is -4.91. The third-order valence-corrected chi connectivity index (χ3v) is 9.10. The van der Waals surface area contributed by atoms with Crippen LogP contribution in [0.5, 0.6) is 0 Å². The van der Waals surface area contributed by atoms with Crippen molar-refractivity contribution in [2.45, 2.75) is 74.7 Å². The maximum Gasteiger partial charge on any atom is 0.435 e. The zero-order valence-electron chi connectivity index (χ0n) is 23.7. The van der Waals surface area contributed by atoms with E-state index >= 15 is 0 Å². The minimum Gasteiger partial charge on any atom is -0.443 e. The highest BCUT2D eigenvalue weighted by molar-refractivity contribution is 7.92. The standard InChI is InChI=1S/C28H28F6N4O5S/c1-26(2,3)43-25(40)37(24(39)20-10-7-11-21(20)44(41,42)19-8-5-4-6-9-19)15-17-16-38(36-23(17)28(32,33)34)18-12-13-22(35-14-18)27(29,30)31/h4-6,8-9,12-14,16,20-21H,7,10-11,15H2,1-3H3. The number of halogens is 6. The van der Waals surface area contributed by atoms with Crippen molar-refractivity contribution in [3.63, 3.8) is 0 Å². The lowest BCUT2D eigenvalue weighted by atomic mass is 10.1. The Labute approximate surface area is 248 Å². The Balaban J connectivity index is 1.74. The molecule has 1 saturated carbocycles. The van der Waals surface area contributed by atoms with Crippen LogP contribution in [-0.2, 0) is 38.3 Å². The number of nitrogens with zero attached hydrogens (tertiary/aromatic N) is 4. The summed E-state index contributed by atoms with van der Waals surface area (Å²) in [5, 5.41) is 2.22. The largest absolute Gasteiger partial charge is 0.443 e. The van der Waals surface area contributed by atoms with Gasteiger partial charge in [-0.05, 0) is 57.9 Å². The molecule has 1 aliphatic carbocycles. The third-order valence-electron chi connectivity index (χ3n) is 6.81. The molecule has 9 nitrogen and oxygen atoms in total. The first-order valence-corrected chi connectivity index (χ1v) is 14.9. The van der Waals surface area contributed by atoms with E-state index in [0.29, 0.717) is 28.3 Å². The molecule has 2 unspecified atom stereocenters. The molecule has 1 aliphatic rings. The van der Waals surface area contributed by atoms with Gasteiger partial charge in [0.2, 0.25) is 5.91 Å². The summed E-state index contributed by atoms with van der Waals surface area (Å²) < 4.78 is 114. The van der Waals surface area contributed by atoms with E-state index in [-0.39, 0.29) is 23.4 Å². The Morgan fingerprint density at radius 2 is 1.64 bits per heavy atom. The third kappa shape index (κ3) is 7.22. The van der Waals surface area contributed by atoms with Crippen molar-refractivity contribution in [3.8, 4) is 5.69 Å². The first-order chi connectivity index (χ1) is 20.3. The first kappa shape index (κ1) is 33.0. The molecule has 4 rings (SSSR count). The molecule has 1 aromatic carbocycles. The van der Waals surface area contributed by atoms with Crippen molar-refractivity contribution < 1.29 is 49.1 Å². The van der Waals surface area contributed by atoms with Gasteiger partial charge in [0.05, 0.1) is 34.5 Å². The maximum absolute atomic E-state index is 14.1. The van der Waals surface area contributed by atoms with Crippen molar-refractivity contribution in [3.05, 3.63) is 71.8 Å². The molecule has 2 heterocycles. The fourth-order valence-corrected chi connectivity index (χ4v) is 6.92. The van der Waals surface area contributed by atoms with Gasteiger partial charge in [0.25, 0.3) is 0 Å². The van der Waals surface area contributed by atoms with Gasteiger partial charge in [-0.15, -0.1) is 0 Å². The lowest BCUT2D eigenvalue weighted by molar-refractivity contribution is -0.143. The summed E-state index contributed by atoms with van der Waals surface area (Å²) in [6.45, 7) is 3.42. The summed E-state index contributed by atoms with van der Waals surface area (Å²) >= 11 is 0. The van der Waals surface area contributed by atoms with Crippen LogP contribution in [0.4, 0.5) is 31.1 Å². The average molecular weight is 647 g/mol. The lowest BCUT2D eigenvalue weighted by Crippen LogP contribution is -2.46. The van der Waals surface area contributed by atoms with Gasteiger partial charge in [0.1, 0.15) is 11.3 Å². The van der Waals surface area contributed by atoms with Crippen LogP contribution in [0.25, 0.3) is 5.69 Å². The molecule has 16 heteroatoms. The van der Waals surface area contributed by atoms with Gasteiger partial charge in [0, 0.05) is 11.8 Å². The van der Waals surface area contributed by atoms with Crippen molar-refractivity contribution in [2.75, 3.05) is 0 Å². The number of imide groups is 1. The topological polar surface area (TPSA) is 111 Å². The highest BCUT2D eigenvalue weighted by atomic mass is 32.2. The molecule has 2 atom stereocenters. The Bertz CT molecular complexity index is 1620. The monoisotopic (exact) mass is 646 g/mol. The summed E-state index contributed by atoms with van der Waals surface area (Å²) in [5.74, 6) is -2.31. The van der Waals surface area contributed by atoms with Crippen LogP contribution in [0.15, 0.2) is 59.8 Å². The second-order valence-corrected chi connectivity index (χ2v) is 13.4. The Kier molecular flexibility index (Phi) is 8.88. The molecule has 0 spiro atoms. The van der Waals surface area contributed by atoms with E-state index in [1.165, 1.54) is 45.0 Å². The Morgan fingerprint density at radius 1 is 0.977 bits per heavy atom. The molecule has 238 valence electrons. The number of sulfone groups is 1. The highest BCUT2D eigenvalue weighted by Gasteiger charge is 2.46. The molecular weight excluding hydrogens is 618 g/mol. The smallest absolute Gasteiger partial charge is 0.435 e. The van der Waals surface area contributed by atoms with Crippen molar-refractivity contribution in [1.29, 1.82) is 0 Å². The van der Waals surface area contributed by atoms with E-state index in [9.17, 15) is 44.3 Å². The van der Waals surface area contributed by atoms with Gasteiger partial charge >= 0.3 is 18.4 Å². The molecule has 1 fully saturated rings. The zero-order valence-corrected chi connectivity index (χ0v) is 24.5. The fourth-order valence-electron chi connectivity index (χ4n) is 4.87. The molecule has 2 aromatic heterocycles. The predicted molar refractivity (Wildman–Crippen MR) is 143 cm³/mol. The molecule has 0 aliphatic heterocycles. The molecule has 0 N–H and O–H groups in total. The summed E-state index contributed by atoms with van der Waals surface area (Å²) in [6.07, 6.45) is -9.26. The molecule has 0 saturated heterocycles. The number of carbonyl (C=O) groups excluding carboxylic acids is 2. The van der Waals surface area contributed by atoms with Gasteiger partial charge in [-0.2, -0.15) is 31.4 Å². The number of alkyl halides is 6. The Hall–Kier alpha value is -3.95. The molecule has 3 aromatic rings. The van der Waals surface area contributed by atoms with E-state index < -0.39 is 74.5 Å². The number of pyridine rings is 1. The molecule has 44 heavy (non-hydrogen) atoms. The van der Waals surface area contributed by atoms with Crippen LogP contribution >= 0.6 is 0 Å². The summed E-state index contributed by atoms with van der Waals surface area (Å²) in [6, 6.07) is 8.78. The van der Waals surface area contributed by atoms with Gasteiger partial charge < -0.3 is 4.74 Å². The van der Waals surface area contributed by atoms with Crippen LogP contribution in [0, 0.1) is 5.92 Å². The number of amides is 2. The molecular formula is C28H28F6N4O5S. The number of hydrogen-bond donors (Lipinski definition) is 0. The first-order valence-electron chi connectivity index (χ1n) is 13.3. The number of benzene rings is 1. The number of aromatic nitrogens is 3. The number of hydrogen-bond acceptors (Lipinski definition) is 7. The van der Waals surface area contributed by atoms with Crippen molar-refractivity contribution in [1.82, 2.24) is 19.7 Å². The minimum absolute atomic E-state index is 0.0423. The summed E-state index contributed by atoms with van der Waals surface area (Å²) in [4.78, 5) is 30.8. The summed E-state index contributed by atoms with van der Waals surface area (Å²) in [7, 11) is -4.06. The molecule has 0 bridgehead atoms. The zero-order chi connectivity index (χ0) is 32.7. The van der Waals surface area contributed by atoms with E-state index in [4.69, 9.17) is 4.74 Å². The van der Waals surface area contributed by atoms with E-state index in [1.54, 1.807) is 6.07 Å². The van der Waals surface area contributed by atoms with Crippen LogP contribution in [0.3, 0.4) is 0 Å². The predicted octanol–water partition coefficient (Wildman–Crippen LogP) is 6.21. The Morgan fingerprint density at radius 3 is 2.18 bits per heavy atom. The molecule has 0 radical (unpaired) electrons. The second-order valence-electron chi connectivity index (χ2n) is 11.2. The fraction of sp³-hybridized carbons (Fsp3) is 0.429. The second kappa shape index (κ2) is 11.9. The van der Waals surface area contributed by atoms with Crippen LogP contribution in [0.1, 0.15) is 57.0 Å². The quantitative estimate of drug-likeness (QED) is 0.293. The molecule has 2 amide bonds. The van der Waals surface area contributed by atoms with Gasteiger partial charge in [-0.25, -0.2) is 27.8 Å². The SMILES string of the molecule is CC(C)(C)OC(=O)N(Cc1cn(-c2ccc(C(F)(F)F)nc2)nc1C(F)(F)F)C(=O)C1CCCC1S(=O)(=O)c1ccccc1. The van der Waals surface area contributed by atoms with E-state index in [1.807, 2.05) is 0 Å². The van der Waals surface area contributed by atoms with Gasteiger partial charge in [0.15, 0.2) is 15.5 Å².